The predicted octanol–water partition coefficient (Wildman–Crippen LogP) is 2.51. The van der Waals surface area contributed by atoms with Crippen LogP contribution in [0.3, 0.4) is 0 Å². The molecule has 2 aromatic heterocycles. The van der Waals surface area contributed by atoms with Crippen molar-refractivity contribution < 1.29 is 19.1 Å². The van der Waals surface area contributed by atoms with E-state index in [1.165, 1.54) is 57.0 Å². The lowest BCUT2D eigenvalue weighted by atomic mass is 10.1. The number of piperazine rings is 1. The molecule has 2 saturated heterocycles. The van der Waals surface area contributed by atoms with Gasteiger partial charge in [-0.1, -0.05) is 44.0 Å². The molecule has 2 aliphatic heterocycles. The van der Waals surface area contributed by atoms with Crippen molar-refractivity contribution in [1.82, 2.24) is 39.1 Å². The maximum absolute atomic E-state index is 13.9. The summed E-state index contributed by atoms with van der Waals surface area (Å²) in [6, 6.07) is 7.84. The molecule has 0 unspecified atom stereocenters. The maximum atomic E-state index is 13.9. The summed E-state index contributed by atoms with van der Waals surface area (Å²) in [5.41, 5.74) is 8.39. The van der Waals surface area contributed by atoms with E-state index < -0.39 is 0 Å². The van der Waals surface area contributed by atoms with Gasteiger partial charge in [-0.2, -0.15) is 9.97 Å². The Morgan fingerprint density at radius 2 is 1.56 bits per heavy atom. The van der Waals surface area contributed by atoms with Crippen LogP contribution in [0.2, 0.25) is 0 Å². The molecule has 0 bridgehead atoms. The SMILES string of the molecule is CCCCOc1nc(N)c2[nH]c(=O)n(CCCN(Cc3ccc(CC(=O)OC)cc3)C(=O)CN3CCN(CCCN4CCCCC4)CC3)c2n1. The quantitative estimate of drug-likeness (QED) is 0.149. The number of likely N-dealkylation sites (tertiary alicyclic amines) is 1. The van der Waals surface area contributed by atoms with E-state index in [4.69, 9.17) is 15.2 Å². The number of piperidine rings is 1. The number of nitrogens with zero attached hydrogens (tertiary/aromatic N) is 7. The van der Waals surface area contributed by atoms with Crippen LogP contribution >= 0.6 is 0 Å². The first kappa shape index (κ1) is 37.3. The van der Waals surface area contributed by atoms with Crippen LogP contribution in [0.25, 0.3) is 11.2 Å². The zero-order valence-corrected chi connectivity index (χ0v) is 29.9. The van der Waals surface area contributed by atoms with Crippen molar-refractivity contribution in [3.63, 3.8) is 0 Å². The Morgan fingerprint density at radius 1 is 0.880 bits per heavy atom. The van der Waals surface area contributed by atoms with Crippen LogP contribution in [-0.4, -0.2) is 130 Å². The lowest BCUT2D eigenvalue weighted by molar-refractivity contribution is -0.139. The number of methoxy groups -OCH3 is 1. The van der Waals surface area contributed by atoms with Crippen LogP contribution in [0.15, 0.2) is 29.1 Å². The summed E-state index contributed by atoms with van der Waals surface area (Å²) in [6.07, 6.45) is 7.75. The Morgan fingerprint density at radius 3 is 2.26 bits per heavy atom. The minimum Gasteiger partial charge on any atom is -0.469 e. The second kappa shape index (κ2) is 18.8. The number of hydrogen-bond acceptors (Lipinski definition) is 11. The van der Waals surface area contributed by atoms with Gasteiger partial charge in [-0.3, -0.25) is 19.1 Å². The van der Waals surface area contributed by atoms with Gasteiger partial charge < -0.3 is 34.9 Å². The number of carbonyl (C=O) groups is 2. The summed E-state index contributed by atoms with van der Waals surface area (Å²) in [5.74, 6) is -0.0885. The van der Waals surface area contributed by atoms with E-state index in [2.05, 4.69) is 36.6 Å². The molecule has 4 heterocycles. The fourth-order valence-corrected chi connectivity index (χ4v) is 6.71. The fourth-order valence-electron chi connectivity index (χ4n) is 6.71. The number of aromatic nitrogens is 4. The molecule has 5 rings (SSSR count). The zero-order chi connectivity index (χ0) is 35.3. The Hall–Kier alpha value is -4.01. The van der Waals surface area contributed by atoms with Gasteiger partial charge in [0, 0.05) is 45.8 Å². The monoisotopic (exact) mass is 693 g/mol. The lowest BCUT2D eigenvalue weighted by Gasteiger charge is -2.36. The average Bonchev–Trinajstić information content (AvgIpc) is 3.44. The van der Waals surface area contributed by atoms with Crippen LogP contribution in [0.4, 0.5) is 5.82 Å². The normalized spacial score (nSPS) is 16.1. The van der Waals surface area contributed by atoms with Gasteiger partial charge in [-0.05, 0) is 69.4 Å². The van der Waals surface area contributed by atoms with E-state index in [-0.39, 0.29) is 35.8 Å². The number of carbonyl (C=O) groups excluding carboxylic acids is 2. The highest BCUT2D eigenvalue weighted by Crippen LogP contribution is 2.19. The number of ether oxygens (including phenoxy) is 2. The van der Waals surface area contributed by atoms with Gasteiger partial charge in [0.05, 0.1) is 26.7 Å². The molecule has 0 radical (unpaired) electrons. The molecule has 1 amide bonds. The molecule has 0 atom stereocenters. The van der Waals surface area contributed by atoms with Gasteiger partial charge in [0.1, 0.15) is 5.52 Å². The molecule has 3 N–H and O–H groups in total. The predicted molar refractivity (Wildman–Crippen MR) is 193 cm³/mol. The third kappa shape index (κ3) is 10.7. The molecule has 50 heavy (non-hydrogen) atoms. The maximum Gasteiger partial charge on any atom is 0.327 e. The Bertz CT molecular complexity index is 1580. The number of amides is 1. The number of aromatic amines is 1. The summed E-state index contributed by atoms with van der Waals surface area (Å²) in [6.45, 7) is 12.5. The number of fused-ring (bicyclic) bond motifs is 1. The van der Waals surface area contributed by atoms with E-state index in [1.54, 1.807) is 0 Å². The fraction of sp³-hybridized carbons (Fsp3) is 0.639. The Kier molecular flexibility index (Phi) is 14.0. The second-order valence-electron chi connectivity index (χ2n) is 13.5. The molecule has 0 aliphatic carbocycles. The summed E-state index contributed by atoms with van der Waals surface area (Å²) >= 11 is 0. The number of rotatable bonds is 18. The number of nitrogens with two attached hydrogens (primary N) is 1. The zero-order valence-electron chi connectivity index (χ0n) is 29.9. The standard InChI is InChI=1S/C36H55N9O5/c1-3-4-24-50-35-39-33(37)32-34(40-35)45(36(48)38-32)19-9-18-44(26-29-12-10-28(11-13-29)25-31(47)49-2)30(46)27-43-22-20-42(21-23-43)17-8-16-41-14-6-5-7-15-41/h10-13H,3-9,14-27H2,1-2H3,(H,38,48)(H2,37,39,40). The van der Waals surface area contributed by atoms with Crippen LogP contribution in [-0.2, 0) is 33.8 Å². The van der Waals surface area contributed by atoms with Crippen molar-refractivity contribution in [3.05, 3.63) is 45.9 Å². The molecule has 0 spiro atoms. The summed E-state index contributed by atoms with van der Waals surface area (Å²) in [5, 5.41) is 0. The van der Waals surface area contributed by atoms with Crippen molar-refractivity contribution in [2.45, 2.75) is 71.4 Å². The number of nitrogens with one attached hydrogen (secondary N) is 1. The van der Waals surface area contributed by atoms with E-state index in [0.717, 1.165) is 56.7 Å². The number of aryl methyl sites for hydroxylation is 1. The number of unbranched alkanes of at least 4 members (excludes halogenated alkanes) is 1. The van der Waals surface area contributed by atoms with Gasteiger partial charge in [-0.15, -0.1) is 0 Å². The van der Waals surface area contributed by atoms with Crippen LogP contribution in [0.1, 0.15) is 63.0 Å². The summed E-state index contributed by atoms with van der Waals surface area (Å²) < 4.78 is 12.0. The number of H-pyrrole nitrogens is 1. The summed E-state index contributed by atoms with van der Waals surface area (Å²) in [4.78, 5) is 59.2. The molecular weight excluding hydrogens is 638 g/mol. The van der Waals surface area contributed by atoms with Gasteiger partial charge >= 0.3 is 17.7 Å². The molecule has 2 aliphatic rings. The highest BCUT2D eigenvalue weighted by molar-refractivity contribution is 5.82. The highest BCUT2D eigenvalue weighted by atomic mass is 16.5. The largest absolute Gasteiger partial charge is 0.469 e. The summed E-state index contributed by atoms with van der Waals surface area (Å²) in [7, 11) is 1.38. The number of nitrogen functional groups attached to an aromatic ring is 1. The van der Waals surface area contributed by atoms with E-state index in [1.807, 2.05) is 29.2 Å². The third-order valence-corrected chi connectivity index (χ3v) is 9.72. The molecular formula is C36H55N9O5. The number of hydrogen-bond donors (Lipinski definition) is 2. The van der Waals surface area contributed by atoms with E-state index in [9.17, 15) is 14.4 Å². The lowest BCUT2D eigenvalue weighted by Crippen LogP contribution is -2.50. The molecule has 2 fully saturated rings. The topological polar surface area (TPSA) is 155 Å². The first-order chi connectivity index (χ1) is 24.3. The first-order valence-electron chi connectivity index (χ1n) is 18.3. The van der Waals surface area contributed by atoms with Crippen molar-refractivity contribution in [2.24, 2.45) is 0 Å². The van der Waals surface area contributed by atoms with Gasteiger partial charge in [0.25, 0.3) is 0 Å². The van der Waals surface area contributed by atoms with E-state index >= 15 is 0 Å². The smallest absolute Gasteiger partial charge is 0.327 e. The molecule has 1 aromatic carbocycles. The van der Waals surface area contributed by atoms with Crippen molar-refractivity contribution in [2.75, 3.05) is 84.9 Å². The number of esters is 1. The minimum absolute atomic E-state index is 0.0478. The second-order valence-corrected chi connectivity index (χ2v) is 13.5. The third-order valence-electron chi connectivity index (χ3n) is 9.72. The van der Waals surface area contributed by atoms with E-state index in [0.29, 0.717) is 50.4 Å². The molecule has 274 valence electrons. The van der Waals surface area contributed by atoms with Crippen molar-refractivity contribution in [3.8, 4) is 6.01 Å². The van der Waals surface area contributed by atoms with Crippen LogP contribution in [0.5, 0.6) is 6.01 Å². The number of imidazole rings is 1. The van der Waals surface area contributed by atoms with Crippen molar-refractivity contribution in [1.29, 1.82) is 0 Å². The Balaban J connectivity index is 1.19. The van der Waals surface area contributed by atoms with Gasteiger partial charge in [-0.25, -0.2) is 4.79 Å². The number of anilines is 1. The molecule has 14 heteroatoms. The van der Waals surface area contributed by atoms with Crippen LogP contribution in [0, 0.1) is 0 Å². The minimum atomic E-state index is -0.334. The highest BCUT2D eigenvalue weighted by Gasteiger charge is 2.23. The first-order valence-corrected chi connectivity index (χ1v) is 18.3. The number of benzene rings is 1. The average molecular weight is 694 g/mol. The molecule has 14 nitrogen and oxygen atoms in total. The molecule has 3 aromatic rings. The molecule has 0 saturated carbocycles. The van der Waals surface area contributed by atoms with Crippen molar-refractivity contribution >= 4 is 28.9 Å². The van der Waals surface area contributed by atoms with Gasteiger partial charge in [0.2, 0.25) is 5.91 Å². The Labute approximate surface area is 294 Å². The van der Waals surface area contributed by atoms with Crippen LogP contribution < -0.4 is 16.2 Å². The van der Waals surface area contributed by atoms with Gasteiger partial charge in [0.15, 0.2) is 11.5 Å².